The monoisotopic (exact) mass is 293 g/mol. The lowest BCUT2D eigenvalue weighted by atomic mass is 10.1. The molecule has 0 aliphatic rings. The molecule has 2 rings (SSSR count). The second kappa shape index (κ2) is 5.47. The van der Waals surface area contributed by atoms with E-state index >= 15 is 0 Å². The van der Waals surface area contributed by atoms with E-state index in [9.17, 15) is 0 Å². The van der Waals surface area contributed by atoms with Crippen LogP contribution in [0.25, 0.3) is 0 Å². The van der Waals surface area contributed by atoms with Gasteiger partial charge < -0.3 is 9.88 Å². The maximum Gasteiger partial charge on any atom is 0.0955 e. The smallest absolute Gasteiger partial charge is 0.0955 e. The molecule has 0 amide bonds. The van der Waals surface area contributed by atoms with Crippen LogP contribution in [-0.4, -0.2) is 16.6 Å². The Balaban J connectivity index is 2.18. The van der Waals surface area contributed by atoms with E-state index in [1.165, 1.54) is 5.56 Å². The van der Waals surface area contributed by atoms with Crippen LogP contribution in [0.15, 0.2) is 41.3 Å². The molecule has 3 nitrogen and oxygen atoms in total. The van der Waals surface area contributed by atoms with Crippen molar-refractivity contribution < 1.29 is 0 Å². The van der Waals surface area contributed by atoms with Gasteiger partial charge in [-0.05, 0) is 31.7 Å². The number of benzene rings is 1. The van der Waals surface area contributed by atoms with E-state index < -0.39 is 0 Å². The maximum atomic E-state index is 4.36. The molecule has 1 aromatic heterocycles. The van der Waals surface area contributed by atoms with Gasteiger partial charge in [0.1, 0.15) is 0 Å². The quantitative estimate of drug-likeness (QED) is 0.939. The van der Waals surface area contributed by atoms with Crippen molar-refractivity contribution >= 4 is 15.9 Å². The summed E-state index contributed by atoms with van der Waals surface area (Å²) in [4.78, 5) is 4.36. The van der Waals surface area contributed by atoms with Crippen LogP contribution in [0.1, 0.15) is 24.2 Å². The molecule has 0 saturated heterocycles. The topological polar surface area (TPSA) is 29.9 Å². The zero-order valence-corrected chi connectivity index (χ0v) is 11.6. The number of halogens is 1. The molecule has 1 heterocycles. The molecule has 0 radical (unpaired) electrons. The number of hydrogen-bond donors (Lipinski definition) is 1. The van der Waals surface area contributed by atoms with Crippen molar-refractivity contribution in [2.45, 2.75) is 19.5 Å². The van der Waals surface area contributed by atoms with Gasteiger partial charge >= 0.3 is 0 Å². The number of imidazole rings is 1. The highest BCUT2D eigenvalue weighted by Crippen LogP contribution is 2.20. The fraction of sp³-hybridized carbons (Fsp3) is 0.308. The molecule has 0 saturated carbocycles. The first-order chi connectivity index (χ1) is 8.20. The van der Waals surface area contributed by atoms with Crippen LogP contribution < -0.4 is 5.32 Å². The van der Waals surface area contributed by atoms with E-state index in [1.807, 2.05) is 13.4 Å². The van der Waals surface area contributed by atoms with Crippen molar-refractivity contribution in [3.8, 4) is 0 Å². The number of hydrogen-bond acceptors (Lipinski definition) is 2. The lowest BCUT2D eigenvalue weighted by molar-refractivity contribution is 0.637. The van der Waals surface area contributed by atoms with Crippen LogP contribution in [0, 0.1) is 0 Å². The lowest BCUT2D eigenvalue weighted by Crippen LogP contribution is -2.06. The van der Waals surface area contributed by atoms with Crippen molar-refractivity contribution in [1.29, 1.82) is 0 Å². The van der Waals surface area contributed by atoms with Crippen LogP contribution in [-0.2, 0) is 6.54 Å². The third-order valence-corrected chi connectivity index (χ3v) is 3.34. The highest BCUT2D eigenvalue weighted by molar-refractivity contribution is 9.10. The Bertz CT molecular complexity index is 476. The van der Waals surface area contributed by atoms with Crippen molar-refractivity contribution in [3.63, 3.8) is 0 Å². The summed E-state index contributed by atoms with van der Waals surface area (Å²) in [6.45, 7) is 2.98. The van der Waals surface area contributed by atoms with Gasteiger partial charge in [0.15, 0.2) is 0 Å². The number of nitrogens with zero attached hydrogens (tertiary/aromatic N) is 2. The third kappa shape index (κ3) is 2.96. The Morgan fingerprint density at radius 2 is 2.06 bits per heavy atom. The molecule has 1 N–H and O–H groups in total. The summed E-state index contributed by atoms with van der Waals surface area (Å²) in [7, 11) is 1.93. The molecule has 1 atom stereocenters. The van der Waals surface area contributed by atoms with Crippen LogP contribution in [0.3, 0.4) is 0 Å². The Morgan fingerprint density at radius 3 is 2.71 bits per heavy atom. The highest BCUT2D eigenvalue weighted by atomic mass is 79.9. The maximum absolute atomic E-state index is 4.36. The predicted molar refractivity (Wildman–Crippen MR) is 72.9 cm³/mol. The fourth-order valence-corrected chi connectivity index (χ4v) is 2.04. The summed E-state index contributed by atoms with van der Waals surface area (Å²) >= 11 is 3.45. The minimum Gasteiger partial charge on any atom is -0.330 e. The van der Waals surface area contributed by atoms with E-state index in [0.717, 1.165) is 16.7 Å². The van der Waals surface area contributed by atoms with Crippen LogP contribution in [0.4, 0.5) is 0 Å². The molecule has 90 valence electrons. The first-order valence-electron chi connectivity index (χ1n) is 5.63. The summed E-state index contributed by atoms with van der Waals surface area (Å²) in [5, 5.41) is 3.10. The molecule has 17 heavy (non-hydrogen) atoms. The van der Waals surface area contributed by atoms with Gasteiger partial charge in [-0.3, -0.25) is 0 Å². The van der Waals surface area contributed by atoms with Crippen molar-refractivity contribution in [3.05, 3.63) is 52.5 Å². The lowest BCUT2D eigenvalue weighted by Gasteiger charge is -2.13. The summed E-state index contributed by atoms with van der Waals surface area (Å²) in [5.41, 5.74) is 2.35. The Labute approximate surface area is 110 Å². The SMILES string of the molecule is CNCc1cn(C(C)c2ccc(Br)cc2)cn1. The summed E-state index contributed by atoms with van der Waals surface area (Å²) < 4.78 is 3.24. The Hall–Kier alpha value is -1.13. The van der Waals surface area contributed by atoms with Gasteiger partial charge in [0, 0.05) is 17.2 Å². The first kappa shape index (κ1) is 12.3. The number of aromatic nitrogens is 2. The number of nitrogens with one attached hydrogen (secondary N) is 1. The Morgan fingerprint density at radius 1 is 1.35 bits per heavy atom. The van der Waals surface area contributed by atoms with Gasteiger partial charge in [-0.1, -0.05) is 28.1 Å². The molecular formula is C13H16BrN3. The molecule has 0 aliphatic heterocycles. The first-order valence-corrected chi connectivity index (χ1v) is 6.42. The van der Waals surface area contributed by atoms with Gasteiger partial charge in [0.25, 0.3) is 0 Å². The minimum atomic E-state index is 0.307. The third-order valence-electron chi connectivity index (χ3n) is 2.81. The van der Waals surface area contributed by atoms with Crippen molar-refractivity contribution in [2.24, 2.45) is 0 Å². The van der Waals surface area contributed by atoms with E-state index in [0.29, 0.717) is 6.04 Å². The second-order valence-electron chi connectivity index (χ2n) is 4.07. The van der Waals surface area contributed by atoms with Crippen LogP contribution in [0.5, 0.6) is 0 Å². The summed E-state index contributed by atoms with van der Waals surface area (Å²) in [6.07, 6.45) is 3.97. The molecular weight excluding hydrogens is 278 g/mol. The molecule has 0 bridgehead atoms. The molecule has 0 fully saturated rings. The summed E-state index contributed by atoms with van der Waals surface area (Å²) in [6, 6.07) is 8.70. The minimum absolute atomic E-state index is 0.307. The molecule has 2 aromatic rings. The van der Waals surface area contributed by atoms with Gasteiger partial charge in [-0.15, -0.1) is 0 Å². The van der Waals surface area contributed by atoms with Gasteiger partial charge in [-0.25, -0.2) is 4.98 Å². The molecule has 1 aromatic carbocycles. The molecule has 1 unspecified atom stereocenters. The summed E-state index contributed by atoms with van der Waals surface area (Å²) in [5.74, 6) is 0. The average molecular weight is 294 g/mol. The average Bonchev–Trinajstić information content (AvgIpc) is 2.78. The number of rotatable bonds is 4. The van der Waals surface area contributed by atoms with E-state index in [1.54, 1.807) is 0 Å². The van der Waals surface area contributed by atoms with Gasteiger partial charge in [0.05, 0.1) is 18.1 Å². The standard InChI is InChI=1S/C13H16BrN3/c1-10(11-3-5-12(14)6-4-11)17-8-13(7-15-2)16-9-17/h3-6,8-10,15H,7H2,1-2H3. The normalized spacial score (nSPS) is 12.6. The van der Waals surface area contributed by atoms with E-state index in [4.69, 9.17) is 0 Å². The zero-order valence-electron chi connectivity index (χ0n) is 10.0. The second-order valence-corrected chi connectivity index (χ2v) is 4.99. The molecule has 0 aliphatic carbocycles. The van der Waals surface area contributed by atoms with Crippen molar-refractivity contribution in [1.82, 2.24) is 14.9 Å². The Kier molecular flexibility index (Phi) is 3.97. The van der Waals surface area contributed by atoms with Crippen LogP contribution >= 0.6 is 15.9 Å². The molecule has 0 spiro atoms. The largest absolute Gasteiger partial charge is 0.330 e. The predicted octanol–water partition coefficient (Wildman–Crippen LogP) is 2.97. The van der Waals surface area contributed by atoms with Crippen molar-refractivity contribution in [2.75, 3.05) is 7.05 Å². The van der Waals surface area contributed by atoms with Crippen LogP contribution in [0.2, 0.25) is 0 Å². The fourth-order valence-electron chi connectivity index (χ4n) is 1.78. The van der Waals surface area contributed by atoms with E-state index in [2.05, 4.69) is 68.2 Å². The van der Waals surface area contributed by atoms with E-state index in [-0.39, 0.29) is 0 Å². The van der Waals surface area contributed by atoms with Gasteiger partial charge in [0.2, 0.25) is 0 Å². The molecule has 4 heteroatoms. The van der Waals surface area contributed by atoms with Gasteiger partial charge in [-0.2, -0.15) is 0 Å². The zero-order chi connectivity index (χ0) is 12.3. The highest BCUT2D eigenvalue weighted by Gasteiger charge is 2.08.